The van der Waals surface area contributed by atoms with Crippen LogP contribution in [0.25, 0.3) is 0 Å². The largest absolute Gasteiger partial charge is 0.421 e. The molecule has 1 aliphatic rings. The van der Waals surface area contributed by atoms with Crippen LogP contribution < -0.4 is 10.4 Å². The van der Waals surface area contributed by atoms with Gasteiger partial charge in [-0.2, -0.15) is 0 Å². The average Bonchev–Trinajstić information content (AvgIpc) is 2.86. The van der Waals surface area contributed by atoms with E-state index in [9.17, 15) is 9.59 Å². The van der Waals surface area contributed by atoms with Crippen molar-refractivity contribution < 1.29 is 23.5 Å². The first-order valence-corrected chi connectivity index (χ1v) is 15.5. The molecule has 1 heterocycles. The monoisotopic (exact) mass is 522 g/mol. The van der Waals surface area contributed by atoms with Gasteiger partial charge in [-0.3, -0.25) is 9.59 Å². The Kier molecular flexibility index (Phi) is 10.7. The summed E-state index contributed by atoms with van der Waals surface area (Å²) < 4.78 is 18.2. The Labute approximate surface area is 223 Å². The van der Waals surface area contributed by atoms with E-state index in [4.69, 9.17) is 13.9 Å². The first kappa shape index (κ1) is 28.9. The molecular weight excluding hydrogens is 480 g/mol. The quantitative estimate of drug-likeness (QED) is 0.272. The molecule has 6 heteroatoms. The van der Waals surface area contributed by atoms with Gasteiger partial charge >= 0.3 is 11.9 Å². The van der Waals surface area contributed by atoms with Crippen molar-refractivity contribution in [3.63, 3.8) is 0 Å². The lowest BCUT2D eigenvalue weighted by Gasteiger charge is -2.45. The lowest BCUT2D eigenvalue weighted by atomic mass is 10.1. The summed E-state index contributed by atoms with van der Waals surface area (Å²) in [7, 11) is -2.78. The van der Waals surface area contributed by atoms with Crippen LogP contribution in [0.1, 0.15) is 79.1 Å². The predicted octanol–water partition coefficient (Wildman–Crippen LogP) is 6.05. The Balaban J connectivity index is 2.04. The SMILES string of the molecule is CC(=O)OC1/C=C/C(O[Si](c2ccccc2)(c2ccccc2)C(C)(C)C)CCCCCCCCC(=O)O1. The Hall–Kier alpha value is -2.70. The number of cyclic esters (lactones) is 1. The van der Waals surface area contributed by atoms with E-state index < -0.39 is 20.6 Å². The highest BCUT2D eigenvalue weighted by Gasteiger charge is 2.51. The molecule has 2 aromatic rings. The molecule has 2 aromatic carbocycles. The summed E-state index contributed by atoms with van der Waals surface area (Å²) in [5.41, 5.74) is 0. The summed E-state index contributed by atoms with van der Waals surface area (Å²) in [6.07, 6.45) is 9.65. The third-order valence-corrected chi connectivity index (χ3v) is 11.9. The van der Waals surface area contributed by atoms with E-state index in [-0.39, 0.29) is 17.1 Å². The van der Waals surface area contributed by atoms with Gasteiger partial charge in [0.15, 0.2) is 0 Å². The zero-order valence-corrected chi connectivity index (χ0v) is 23.8. The lowest BCUT2D eigenvalue weighted by Crippen LogP contribution is -2.67. The number of ether oxygens (including phenoxy) is 2. The molecule has 2 atom stereocenters. The van der Waals surface area contributed by atoms with Crippen molar-refractivity contribution in [2.75, 3.05) is 0 Å². The van der Waals surface area contributed by atoms with Crippen molar-refractivity contribution in [3.05, 3.63) is 72.8 Å². The van der Waals surface area contributed by atoms with Crippen LogP contribution in [0.15, 0.2) is 72.8 Å². The lowest BCUT2D eigenvalue weighted by molar-refractivity contribution is -0.178. The normalized spacial score (nSPS) is 21.4. The van der Waals surface area contributed by atoms with Crippen LogP contribution >= 0.6 is 0 Å². The van der Waals surface area contributed by atoms with E-state index in [1.807, 2.05) is 18.2 Å². The van der Waals surface area contributed by atoms with Crippen molar-refractivity contribution in [1.29, 1.82) is 0 Å². The van der Waals surface area contributed by atoms with E-state index in [2.05, 4.69) is 69.3 Å². The van der Waals surface area contributed by atoms with Crippen molar-refractivity contribution in [1.82, 2.24) is 0 Å². The number of hydrogen-bond donors (Lipinski definition) is 0. The third kappa shape index (κ3) is 8.14. The van der Waals surface area contributed by atoms with Gasteiger partial charge in [0.25, 0.3) is 14.6 Å². The number of carbonyl (C=O) groups is 2. The van der Waals surface area contributed by atoms with Gasteiger partial charge in [-0.05, 0) is 34.3 Å². The smallest absolute Gasteiger partial charge is 0.309 e. The van der Waals surface area contributed by atoms with Gasteiger partial charge in [-0.1, -0.05) is 120 Å². The molecule has 37 heavy (non-hydrogen) atoms. The molecule has 0 radical (unpaired) electrons. The zero-order chi connectivity index (χ0) is 26.7. The molecule has 0 fully saturated rings. The zero-order valence-electron chi connectivity index (χ0n) is 22.8. The molecule has 0 saturated carbocycles. The summed E-state index contributed by atoms with van der Waals surface area (Å²) in [6.45, 7) is 8.10. The number of esters is 2. The van der Waals surface area contributed by atoms with Crippen molar-refractivity contribution >= 4 is 30.6 Å². The maximum absolute atomic E-state index is 12.4. The second-order valence-corrected chi connectivity index (χ2v) is 15.1. The second-order valence-electron chi connectivity index (χ2n) is 10.8. The molecule has 0 bridgehead atoms. The topological polar surface area (TPSA) is 61.8 Å². The third-order valence-electron chi connectivity index (χ3n) is 6.88. The highest BCUT2D eigenvalue weighted by atomic mass is 28.4. The first-order chi connectivity index (χ1) is 17.7. The molecule has 2 unspecified atom stereocenters. The van der Waals surface area contributed by atoms with Gasteiger partial charge in [-0.25, -0.2) is 0 Å². The first-order valence-electron chi connectivity index (χ1n) is 13.6. The number of benzene rings is 2. The van der Waals surface area contributed by atoms with Crippen LogP contribution in [-0.2, 0) is 23.5 Å². The minimum Gasteiger partial charge on any atom is -0.421 e. The molecule has 3 rings (SSSR count). The highest BCUT2D eigenvalue weighted by molar-refractivity contribution is 6.99. The molecule has 0 saturated heterocycles. The minimum atomic E-state index is -2.78. The number of hydrogen-bond acceptors (Lipinski definition) is 5. The molecule has 0 amide bonds. The molecule has 1 aliphatic heterocycles. The molecule has 200 valence electrons. The predicted molar refractivity (Wildman–Crippen MR) is 150 cm³/mol. The Morgan fingerprint density at radius 1 is 0.838 bits per heavy atom. The maximum Gasteiger partial charge on any atom is 0.309 e. The van der Waals surface area contributed by atoms with E-state index >= 15 is 0 Å². The van der Waals surface area contributed by atoms with Crippen molar-refractivity contribution in [2.24, 2.45) is 0 Å². The Morgan fingerprint density at radius 2 is 1.38 bits per heavy atom. The Morgan fingerprint density at radius 3 is 1.92 bits per heavy atom. The van der Waals surface area contributed by atoms with Gasteiger partial charge in [0.2, 0.25) is 0 Å². The molecule has 0 aliphatic carbocycles. The van der Waals surface area contributed by atoms with Crippen molar-refractivity contribution in [2.45, 2.75) is 96.5 Å². The standard InChI is InChI=1S/C31H42O5Si/c1-25(32)34-30-24-23-26(17-11-7-5-6-8-16-22-29(33)35-30)36-37(31(2,3)4,27-18-12-9-13-19-27)28-20-14-10-15-21-28/h9-10,12-15,18-21,23-24,26,30H,5-8,11,16-17,22H2,1-4H3/b24-23+. The fourth-order valence-electron chi connectivity index (χ4n) is 5.10. The fourth-order valence-corrected chi connectivity index (χ4v) is 9.77. The van der Waals surface area contributed by atoms with E-state index in [1.54, 1.807) is 6.08 Å². The van der Waals surface area contributed by atoms with Crippen LogP contribution in [0.2, 0.25) is 5.04 Å². The second kappa shape index (κ2) is 13.7. The summed E-state index contributed by atoms with van der Waals surface area (Å²) in [6, 6.07) is 21.1. The van der Waals surface area contributed by atoms with Gasteiger partial charge in [0.1, 0.15) is 0 Å². The highest BCUT2D eigenvalue weighted by Crippen LogP contribution is 2.38. The summed E-state index contributed by atoms with van der Waals surface area (Å²) in [5.74, 6) is -0.842. The van der Waals surface area contributed by atoms with Crippen LogP contribution in [-0.4, -0.2) is 32.6 Å². The van der Waals surface area contributed by atoms with Crippen LogP contribution in [0.5, 0.6) is 0 Å². The fraction of sp³-hybridized carbons (Fsp3) is 0.484. The summed E-state index contributed by atoms with van der Waals surface area (Å²) >= 11 is 0. The van der Waals surface area contributed by atoms with Gasteiger partial charge in [0, 0.05) is 13.3 Å². The van der Waals surface area contributed by atoms with Gasteiger partial charge in [0.05, 0.1) is 6.10 Å². The molecule has 5 nitrogen and oxygen atoms in total. The molecule has 0 spiro atoms. The van der Waals surface area contributed by atoms with Crippen LogP contribution in [0.4, 0.5) is 0 Å². The molecular formula is C31H42O5Si. The summed E-state index contributed by atoms with van der Waals surface area (Å²) in [5, 5.41) is 2.26. The molecule has 0 aromatic heterocycles. The maximum atomic E-state index is 12.4. The number of carbonyl (C=O) groups excluding carboxylic acids is 2. The summed E-state index contributed by atoms with van der Waals surface area (Å²) in [4.78, 5) is 24.1. The van der Waals surface area contributed by atoms with E-state index in [1.165, 1.54) is 17.3 Å². The number of rotatable bonds is 5. The Bertz CT molecular complexity index is 973. The van der Waals surface area contributed by atoms with Gasteiger partial charge in [-0.15, -0.1) is 0 Å². The van der Waals surface area contributed by atoms with E-state index in [0.29, 0.717) is 6.42 Å². The average molecular weight is 523 g/mol. The van der Waals surface area contributed by atoms with Crippen molar-refractivity contribution in [3.8, 4) is 0 Å². The minimum absolute atomic E-state index is 0.162. The molecule has 0 N–H and O–H groups in total. The van der Waals surface area contributed by atoms with Gasteiger partial charge < -0.3 is 13.9 Å². The van der Waals surface area contributed by atoms with Crippen LogP contribution in [0.3, 0.4) is 0 Å². The van der Waals surface area contributed by atoms with E-state index in [0.717, 1.165) is 44.9 Å². The van der Waals surface area contributed by atoms with Crippen LogP contribution in [0, 0.1) is 0 Å².